The summed E-state index contributed by atoms with van der Waals surface area (Å²) in [5.74, 6) is 0. The van der Waals surface area contributed by atoms with E-state index in [4.69, 9.17) is 4.84 Å². The summed E-state index contributed by atoms with van der Waals surface area (Å²) in [6, 6.07) is 11.6. The van der Waals surface area contributed by atoms with Gasteiger partial charge in [-0.05, 0) is 18.2 Å². The Kier molecular flexibility index (Phi) is 2.56. The molecule has 0 saturated heterocycles. The Morgan fingerprint density at radius 3 is 2.36 bits per heavy atom. The summed E-state index contributed by atoms with van der Waals surface area (Å²) in [5, 5.41) is 0. The largest absolute Gasteiger partial charge is 0.342 e. The lowest BCUT2D eigenvalue weighted by atomic mass is 10.3. The SMILES string of the molecule is c1ccc(NOc2ncccn2)cc1. The van der Waals surface area contributed by atoms with Gasteiger partial charge in [0.15, 0.2) is 0 Å². The van der Waals surface area contributed by atoms with Crippen LogP contribution in [-0.2, 0) is 0 Å². The molecule has 0 aliphatic rings. The first kappa shape index (κ1) is 8.50. The van der Waals surface area contributed by atoms with Crippen LogP contribution >= 0.6 is 0 Å². The molecule has 1 N–H and O–H groups in total. The van der Waals surface area contributed by atoms with Crippen molar-refractivity contribution in [3.63, 3.8) is 0 Å². The Balaban J connectivity index is 1.96. The van der Waals surface area contributed by atoms with Crippen molar-refractivity contribution in [2.24, 2.45) is 0 Å². The van der Waals surface area contributed by atoms with E-state index < -0.39 is 0 Å². The van der Waals surface area contributed by atoms with Gasteiger partial charge < -0.3 is 4.84 Å². The average molecular weight is 187 g/mol. The number of hydrogen-bond donors (Lipinski definition) is 1. The fourth-order valence-corrected chi connectivity index (χ4v) is 0.949. The Morgan fingerprint density at radius 2 is 1.64 bits per heavy atom. The average Bonchev–Trinajstić information content (AvgIpc) is 2.29. The summed E-state index contributed by atoms with van der Waals surface area (Å²) in [5.41, 5.74) is 3.60. The molecule has 4 nitrogen and oxygen atoms in total. The van der Waals surface area contributed by atoms with Gasteiger partial charge in [-0.3, -0.25) is 0 Å². The molecule has 0 fully saturated rings. The second-order valence-electron chi connectivity index (χ2n) is 2.60. The first-order chi connectivity index (χ1) is 6.95. The predicted octanol–water partition coefficient (Wildman–Crippen LogP) is 1.88. The normalized spacial score (nSPS) is 9.43. The summed E-state index contributed by atoms with van der Waals surface area (Å²) in [4.78, 5) is 12.9. The van der Waals surface area contributed by atoms with Crippen LogP contribution in [0.15, 0.2) is 48.8 Å². The van der Waals surface area contributed by atoms with Gasteiger partial charge in [-0.25, -0.2) is 15.4 Å². The van der Waals surface area contributed by atoms with Gasteiger partial charge in [-0.15, -0.1) is 0 Å². The molecular weight excluding hydrogens is 178 g/mol. The first-order valence-electron chi connectivity index (χ1n) is 4.20. The number of nitrogens with one attached hydrogen (secondary N) is 1. The van der Waals surface area contributed by atoms with E-state index in [9.17, 15) is 0 Å². The molecule has 2 rings (SSSR count). The number of rotatable bonds is 3. The van der Waals surface area contributed by atoms with Crippen LogP contribution < -0.4 is 10.3 Å². The highest BCUT2D eigenvalue weighted by Gasteiger charge is 1.94. The highest BCUT2D eigenvalue weighted by Crippen LogP contribution is 2.06. The molecule has 4 heteroatoms. The van der Waals surface area contributed by atoms with Crippen molar-refractivity contribution in [1.29, 1.82) is 0 Å². The number of anilines is 1. The summed E-state index contributed by atoms with van der Waals surface area (Å²) in [6.07, 6.45) is 3.24. The van der Waals surface area contributed by atoms with Crippen LogP contribution in [0.3, 0.4) is 0 Å². The first-order valence-corrected chi connectivity index (χ1v) is 4.20. The number of nitrogens with zero attached hydrogens (tertiary/aromatic N) is 2. The van der Waals surface area contributed by atoms with E-state index in [1.54, 1.807) is 18.5 Å². The molecule has 0 bridgehead atoms. The number of benzene rings is 1. The second kappa shape index (κ2) is 4.23. The maximum Gasteiger partial charge on any atom is 0.342 e. The minimum atomic E-state index is 0.302. The Hall–Kier alpha value is -2.10. The van der Waals surface area contributed by atoms with Crippen LogP contribution in [-0.4, -0.2) is 9.97 Å². The lowest BCUT2D eigenvalue weighted by Gasteiger charge is -2.04. The van der Waals surface area contributed by atoms with E-state index in [1.165, 1.54) is 0 Å². The molecule has 1 heterocycles. The van der Waals surface area contributed by atoms with Crippen molar-refractivity contribution in [1.82, 2.24) is 9.97 Å². The molecule has 0 atom stereocenters. The molecule has 2 aromatic rings. The minimum absolute atomic E-state index is 0.302. The Morgan fingerprint density at radius 1 is 0.929 bits per heavy atom. The van der Waals surface area contributed by atoms with Crippen LogP contribution in [0.25, 0.3) is 0 Å². The van der Waals surface area contributed by atoms with Crippen molar-refractivity contribution in [2.75, 3.05) is 5.48 Å². The Labute approximate surface area is 81.5 Å². The number of para-hydroxylation sites is 1. The highest BCUT2D eigenvalue weighted by molar-refractivity contribution is 5.40. The Bertz CT molecular complexity index is 338. The lowest BCUT2D eigenvalue weighted by molar-refractivity contribution is 0.371. The van der Waals surface area contributed by atoms with Crippen LogP contribution in [0.1, 0.15) is 0 Å². The topological polar surface area (TPSA) is 47.0 Å². The number of aromatic nitrogens is 2. The van der Waals surface area contributed by atoms with Gasteiger partial charge in [0.05, 0.1) is 5.69 Å². The minimum Gasteiger partial charge on any atom is -0.340 e. The number of hydrogen-bond acceptors (Lipinski definition) is 4. The molecule has 1 aromatic carbocycles. The predicted molar refractivity (Wildman–Crippen MR) is 52.7 cm³/mol. The van der Waals surface area contributed by atoms with Crippen molar-refractivity contribution < 1.29 is 4.84 Å². The van der Waals surface area contributed by atoms with Crippen molar-refractivity contribution in [3.05, 3.63) is 48.8 Å². The second-order valence-corrected chi connectivity index (χ2v) is 2.60. The molecular formula is C10H9N3O. The van der Waals surface area contributed by atoms with Gasteiger partial charge in [0.2, 0.25) is 0 Å². The standard InChI is InChI=1S/C10H9N3O/c1-2-5-9(6-3-1)13-14-10-11-7-4-8-12-10/h1-8,13H. The molecule has 0 saturated carbocycles. The molecule has 0 amide bonds. The van der Waals surface area contributed by atoms with E-state index in [0.717, 1.165) is 5.69 Å². The molecule has 0 spiro atoms. The van der Waals surface area contributed by atoms with Gasteiger partial charge in [0.1, 0.15) is 0 Å². The van der Waals surface area contributed by atoms with Gasteiger partial charge in [0, 0.05) is 12.4 Å². The van der Waals surface area contributed by atoms with Gasteiger partial charge in [0.25, 0.3) is 0 Å². The van der Waals surface area contributed by atoms with Crippen LogP contribution in [0.2, 0.25) is 0 Å². The monoisotopic (exact) mass is 187 g/mol. The molecule has 1 aromatic heterocycles. The van der Waals surface area contributed by atoms with E-state index in [-0.39, 0.29) is 0 Å². The van der Waals surface area contributed by atoms with E-state index in [0.29, 0.717) is 6.01 Å². The van der Waals surface area contributed by atoms with Crippen LogP contribution in [0.4, 0.5) is 5.69 Å². The van der Waals surface area contributed by atoms with E-state index >= 15 is 0 Å². The lowest BCUT2D eigenvalue weighted by Crippen LogP contribution is -2.06. The van der Waals surface area contributed by atoms with Gasteiger partial charge in [-0.2, -0.15) is 0 Å². The summed E-state index contributed by atoms with van der Waals surface area (Å²) in [7, 11) is 0. The maximum atomic E-state index is 5.12. The molecule has 0 aliphatic carbocycles. The molecule has 0 radical (unpaired) electrons. The summed E-state index contributed by atoms with van der Waals surface area (Å²) in [6.45, 7) is 0. The highest BCUT2D eigenvalue weighted by atomic mass is 16.7. The van der Waals surface area contributed by atoms with Crippen LogP contribution in [0.5, 0.6) is 6.01 Å². The smallest absolute Gasteiger partial charge is 0.340 e. The van der Waals surface area contributed by atoms with Crippen molar-refractivity contribution >= 4 is 5.69 Å². The molecule has 0 aliphatic heterocycles. The zero-order chi connectivity index (χ0) is 9.64. The van der Waals surface area contributed by atoms with Crippen LogP contribution in [0, 0.1) is 0 Å². The zero-order valence-electron chi connectivity index (χ0n) is 7.42. The quantitative estimate of drug-likeness (QED) is 0.745. The van der Waals surface area contributed by atoms with E-state index in [1.807, 2.05) is 30.3 Å². The third kappa shape index (κ3) is 2.20. The third-order valence-corrected chi connectivity index (χ3v) is 1.58. The van der Waals surface area contributed by atoms with Gasteiger partial charge in [-0.1, -0.05) is 18.2 Å². The van der Waals surface area contributed by atoms with Crippen molar-refractivity contribution in [3.8, 4) is 6.01 Å². The van der Waals surface area contributed by atoms with E-state index in [2.05, 4.69) is 15.4 Å². The summed E-state index contributed by atoms with van der Waals surface area (Å²) >= 11 is 0. The fourth-order valence-electron chi connectivity index (χ4n) is 0.949. The van der Waals surface area contributed by atoms with Gasteiger partial charge >= 0.3 is 6.01 Å². The maximum absolute atomic E-state index is 5.12. The molecule has 0 unspecified atom stereocenters. The summed E-state index contributed by atoms with van der Waals surface area (Å²) < 4.78 is 0. The molecule has 70 valence electrons. The fraction of sp³-hybridized carbons (Fsp3) is 0. The third-order valence-electron chi connectivity index (χ3n) is 1.58. The zero-order valence-corrected chi connectivity index (χ0v) is 7.42. The van der Waals surface area contributed by atoms with Crippen molar-refractivity contribution in [2.45, 2.75) is 0 Å². The molecule has 14 heavy (non-hydrogen) atoms.